The molecule has 0 aliphatic rings. The van der Waals surface area contributed by atoms with Crippen molar-refractivity contribution in [3.05, 3.63) is 0 Å². The third kappa shape index (κ3) is 76.9. The average molecular weight is 353 g/mol. The molecule has 8 heavy (non-hydrogen) atoms. The topological polar surface area (TPSA) is 0 Å². The van der Waals surface area contributed by atoms with Crippen LogP contribution in [0.2, 0.25) is 0 Å². The molecule has 0 saturated carbocycles. The van der Waals surface area contributed by atoms with Crippen LogP contribution in [0.5, 0.6) is 0 Å². The quantitative estimate of drug-likeness (QED) is 0.573. The van der Waals surface area contributed by atoms with E-state index < -0.39 is 11.7 Å². The van der Waals surface area contributed by atoms with E-state index in [9.17, 15) is 0 Å². The van der Waals surface area contributed by atoms with Gasteiger partial charge in [-0.3, -0.25) is 0 Å². The predicted octanol–water partition coefficient (Wildman–Crippen LogP) is 4.18. The molecular formula is Cl6FSb. The summed E-state index contributed by atoms with van der Waals surface area (Å²) < 4.78 is 8.97. The van der Waals surface area contributed by atoms with Gasteiger partial charge in [0.2, 0.25) is 0 Å². The molecule has 0 rings (SSSR count). The van der Waals surface area contributed by atoms with Crippen molar-refractivity contribution in [1.82, 2.24) is 0 Å². The molecule has 0 fully saturated rings. The van der Waals surface area contributed by atoms with Crippen molar-refractivity contribution in [2.24, 2.45) is 0 Å². The first-order valence-corrected chi connectivity index (χ1v) is 17.4. The fourth-order valence-corrected chi connectivity index (χ4v) is 0. The van der Waals surface area contributed by atoms with Gasteiger partial charge in [0.1, 0.15) is 12.0 Å². The average Bonchev–Trinajstić information content (AvgIpc) is 1.33. The molecule has 0 aliphatic heterocycles. The molecule has 0 aromatic heterocycles. The van der Waals surface area contributed by atoms with Gasteiger partial charge in [0.25, 0.3) is 0 Å². The first-order chi connectivity index (χ1) is 3.24. The minimum absolute atomic E-state index is 3.14. The molecule has 0 atom stereocenters. The summed E-state index contributed by atoms with van der Waals surface area (Å²) in [6, 6.07) is 0. The van der Waals surface area contributed by atoms with Gasteiger partial charge in [-0.1, -0.05) is 0 Å². The molecule has 0 radical (unpaired) electrons. The van der Waals surface area contributed by atoms with Crippen LogP contribution in [-0.2, 0) is 0 Å². The number of hydrogen-bond acceptors (Lipinski definition) is 0. The number of halogens is 7. The van der Waals surface area contributed by atoms with E-state index in [1.807, 2.05) is 0 Å². The Bertz CT molecular complexity index is 41.7. The molecule has 0 saturated heterocycles. The van der Waals surface area contributed by atoms with E-state index in [2.05, 4.69) is 12.0 Å². The fourth-order valence-electron chi connectivity index (χ4n) is 0. The summed E-state index contributed by atoms with van der Waals surface area (Å²) in [7, 11) is 25.2. The summed E-state index contributed by atoms with van der Waals surface area (Å²) >= 11 is -1.19. The Balaban J connectivity index is 0. The summed E-state index contributed by atoms with van der Waals surface area (Å²) in [5, 5.41) is 0. The van der Waals surface area contributed by atoms with E-state index in [-0.39, 0.29) is 0 Å². The monoisotopic (exact) mass is 350 g/mol. The van der Waals surface area contributed by atoms with Crippen LogP contribution in [0.1, 0.15) is 0 Å². The van der Waals surface area contributed by atoms with Crippen molar-refractivity contribution < 1.29 is 3.98 Å². The van der Waals surface area contributed by atoms with Crippen LogP contribution >= 0.6 is 56.1 Å². The van der Waals surface area contributed by atoms with Gasteiger partial charge in [-0.2, -0.15) is 0 Å². The summed E-state index contributed by atoms with van der Waals surface area (Å²) in [6.45, 7) is 0. The molecule has 0 nitrogen and oxygen atoms in total. The third-order valence-corrected chi connectivity index (χ3v) is 0. The molecule has 0 aliphatic carbocycles. The summed E-state index contributed by atoms with van der Waals surface area (Å²) in [5.41, 5.74) is 0. The first-order valence-electron chi connectivity index (χ1n) is 0.988. The Morgan fingerprint density at radius 3 is 0.750 bits per heavy atom. The zero-order valence-electron chi connectivity index (χ0n) is 3.09. The molecule has 0 unspecified atom stereocenters. The van der Waals surface area contributed by atoms with Crippen LogP contribution in [0.15, 0.2) is 0 Å². The van der Waals surface area contributed by atoms with Crippen molar-refractivity contribution in [3.63, 3.8) is 0 Å². The molecular weight excluding hydrogens is 353 g/mol. The molecule has 0 N–H and O–H groups in total. The third-order valence-electron chi connectivity index (χ3n) is 0. The van der Waals surface area contributed by atoms with Crippen LogP contribution < -0.4 is 0 Å². The SMILES string of the molecule is FCl.[Cl][Sb]([Cl])([Cl])([Cl])[Cl]. The molecule has 0 aromatic carbocycles. The van der Waals surface area contributed by atoms with Crippen molar-refractivity contribution in [2.45, 2.75) is 0 Å². The maximum absolute atomic E-state index is 8.97. The summed E-state index contributed by atoms with van der Waals surface area (Å²) in [6.07, 6.45) is 0. The molecule has 0 heterocycles. The van der Waals surface area contributed by atoms with E-state index >= 15 is 0 Å². The van der Waals surface area contributed by atoms with Crippen LogP contribution in [-0.4, -0.2) is 11.7 Å². The molecule has 0 spiro atoms. The second-order valence-electron chi connectivity index (χ2n) is 0.639. The van der Waals surface area contributed by atoms with Gasteiger partial charge >= 0.3 is 55.8 Å². The Morgan fingerprint density at radius 2 is 0.750 bits per heavy atom. The minimum atomic E-state index is -4.33. The molecule has 0 amide bonds. The van der Waals surface area contributed by atoms with Gasteiger partial charge in [0.05, 0.1) is 0 Å². The summed E-state index contributed by atoms with van der Waals surface area (Å²) in [5.74, 6) is 0. The Kier molecular flexibility index (Phi) is 7.18. The van der Waals surface area contributed by atoms with E-state index in [0.29, 0.717) is 0 Å². The molecule has 0 aromatic rings. The van der Waals surface area contributed by atoms with Crippen molar-refractivity contribution in [2.75, 3.05) is 0 Å². The van der Waals surface area contributed by atoms with Gasteiger partial charge in [-0.05, 0) is 0 Å². The van der Waals surface area contributed by atoms with E-state index in [4.69, 9.17) is 48.1 Å². The first kappa shape index (κ1) is 13.1. The zero-order valence-corrected chi connectivity index (χ0v) is 10.2. The fraction of sp³-hybridized carbons (Fsp3) is 0. The Labute approximate surface area is 70.8 Å². The van der Waals surface area contributed by atoms with Crippen LogP contribution in [0, 0.1) is 0 Å². The standard InChI is InChI=1S/ClF.5ClH.Sb/c1-2;;;;;;/h;5*1H;/q;;;;;;+5/p-5. The van der Waals surface area contributed by atoms with Crippen molar-refractivity contribution >= 4 is 67.8 Å². The van der Waals surface area contributed by atoms with Gasteiger partial charge in [-0.15, -0.1) is 3.98 Å². The second-order valence-corrected chi connectivity index (χ2v) is 38.6. The maximum atomic E-state index is 8.97. The normalized spacial score (nSPS) is 15.1. The Hall–Kier alpha value is 2.49. The number of hydrogen-bond donors (Lipinski definition) is 0. The van der Waals surface area contributed by atoms with Gasteiger partial charge in [-0.25, -0.2) is 0 Å². The van der Waals surface area contributed by atoms with Gasteiger partial charge < -0.3 is 0 Å². The molecule has 8 heteroatoms. The van der Waals surface area contributed by atoms with E-state index in [1.54, 1.807) is 0 Å². The second kappa shape index (κ2) is 4.38. The van der Waals surface area contributed by atoms with Crippen LogP contribution in [0.3, 0.4) is 0 Å². The predicted molar refractivity (Wildman–Crippen MR) is 42.0 cm³/mol. The van der Waals surface area contributed by atoms with Crippen molar-refractivity contribution in [3.8, 4) is 0 Å². The molecule has 54 valence electrons. The summed E-state index contributed by atoms with van der Waals surface area (Å²) in [4.78, 5) is 0. The van der Waals surface area contributed by atoms with Gasteiger partial charge in [0.15, 0.2) is 0 Å². The molecule has 0 bridgehead atoms. The van der Waals surface area contributed by atoms with Gasteiger partial charge in [0, 0.05) is 0 Å². The van der Waals surface area contributed by atoms with Crippen molar-refractivity contribution in [1.29, 1.82) is 0 Å². The number of rotatable bonds is 0. The van der Waals surface area contributed by atoms with Crippen LogP contribution in [0.25, 0.3) is 0 Å². The van der Waals surface area contributed by atoms with Crippen LogP contribution in [0.4, 0.5) is 3.98 Å². The van der Waals surface area contributed by atoms with E-state index in [0.717, 1.165) is 0 Å². The zero-order chi connectivity index (χ0) is 7.45. The van der Waals surface area contributed by atoms with E-state index in [1.165, 1.54) is 0 Å². The Morgan fingerprint density at radius 1 is 0.750 bits per heavy atom.